The summed E-state index contributed by atoms with van der Waals surface area (Å²) in [5.41, 5.74) is -0.0373. The Labute approximate surface area is 115 Å². The van der Waals surface area contributed by atoms with Crippen LogP contribution < -0.4 is 5.32 Å². The summed E-state index contributed by atoms with van der Waals surface area (Å²) < 4.78 is 13.0. The zero-order valence-electron chi connectivity index (χ0n) is 10.4. The summed E-state index contributed by atoms with van der Waals surface area (Å²) >= 11 is 3.33. The van der Waals surface area contributed by atoms with Gasteiger partial charge < -0.3 is 10.4 Å². The number of amides is 1. The van der Waals surface area contributed by atoms with Gasteiger partial charge in [0.25, 0.3) is 5.91 Å². The van der Waals surface area contributed by atoms with Crippen molar-refractivity contribution >= 4 is 21.8 Å². The first-order chi connectivity index (χ1) is 8.43. The number of carbonyl (C=O) groups is 1. The van der Waals surface area contributed by atoms with Crippen molar-refractivity contribution in [1.82, 2.24) is 5.32 Å². The van der Waals surface area contributed by atoms with E-state index in [2.05, 4.69) is 35.1 Å². The van der Waals surface area contributed by atoms with Crippen LogP contribution in [0.3, 0.4) is 0 Å². The van der Waals surface area contributed by atoms with Crippen molar-refractivity contribution in [3.05, 3.63) is 29.6 Å². The SMILES string of the molecule is CC(C)CC(CBr)NC(=O)c1cc(F)ccc1O. The Morgan fingerprint density at radius 2 is 2.17 bits per heavy atom. The molecule has 0 aliphatic carbocycles. The number of hydrogen-bond donors (Lipinski definition) is 2. The first kappa shape index (κ1) is 15.0. The maximum atomic E-state index is 13.0. The zero-order valence-corrected chi connectivity index (χ0v) is 12.0. The first-order valence-corrected chi connectivity index (χ1v) is 6.91. The van der Waals surface area contributed by atoms with Crippen LogP contribution in [0, 0.1) is 11.7 Å². The Balaban J connectivity index is 2.77. The number of carbonyl (C=O) groups excluding carboxylic acids is 1. The molecule has 0 heterocycles. The highest BCUT2D eigenvalue weighted by atomic mass is 79.9. The maximum absolute atomic E-state index is 13.0. The van der Waals surface area contributed by atoms with Crippen LogP contribution in [0.2, 0.25) is 0 Å². The van der Waals surface area contributed by atoms with Crippen LogP contribution in [0.4, 0.5) is 4.39 Å². The molecule has 0 aromatic heterocycles. The largest absolute Gasteiger partial charge is 0.507 e. The van der Waals surface area contributed by atoms with Gasteiger partial charge in [0.2, 0.25) is 0 Å². The molecule has 1 amide bonds. The van der Waals surface area contributed by atoms with Gasteiger partial charge in [-0.05, 0) is 30.5 Å². The molecule has 0 radical (unpaired) electrons. The smallest absolute Gasteiger partial charge is 0.255 e. The summed E-state index contributed by atoms with van der Waals surface area (Å²) in [7, 11) is 0. The van der Waals surface area contributed by atoms with Gasteiger partial charge in [0.15, 0.2) is 0 Å². The number of alkyl halides is 1. The minimum Gasteiger partial charge on any atom is -0.507 e. The van der Waals surface area contributed by atoms with E-state index in [1.807, 2.05) is 0 Å². The molecule has 0 spiro atoms. The number of phenols is 1. The highest BCUT2D eigenvalue weighted by Gasteiger charge is 2.17. The second-order valence-electron chi connectivity index (χ2n) is 4.62. The molecule has 0 aliphatic rings. The molecule has 18 heavy (non-hydrogen) atoms. The Bertz CT molecular complexity index is 423. The Morgan fingerprint density at radius 3 is 2.72 bits per heavy atom. The molecule has 0 bridgehead atoms. The number of aromatic hydroxyl groups is 1. The van der Waals surface area contributed by atoms with Crippen LogP contribution in [-0.4, -0.2) is 22.4 Å². The van der Waals surface area contributed by atoms with Gasteiger partial charge in [0.1, 0.15) is 11.6 Å². The molecule has 1 aromatic carbocycles. The zero-order chi connectivity index (χ0) is 13.7. The van der Waals surface area contributed by atoms with Gasteiger partial charge in [-0.15, -0.1) is 0 Å². The van der Waals surface area contributed by atoms with Gasteiger partial charge in [0, 0.05) is 11.4 Å². The summed E-state index contributed by atoms with van der Waals surface area (Å²) in [6.07, 6.45) is 0.813. The van der Waals surface area contributed by atoms with E-state index < -0.39 is 11.7 Å². The summed E-state index contributed by atoms with van der Waals surface area (Å²) in [5, 5.41) is 12.9. The van der Waals surface area contributed by atoms with E-state index in [1.54, 1.807) is 0 Å². The minimum absolute atomic E-state index is 0.0373. The number of benzene rings is 1. The van der Waals surface area contributed by atoms with Crippen LogP contribution >= 0.6 is 15.9 Å². The lowest BCUT2D eigenvalue weighted by atomic mass is 10.0. The molecule has 5 heteroatoms. The second kappa shape index (κ2) is 6.73. The monoisotopic (exact) mass is 317 g/mol. The van der Waals surface area contributed by atoms with Crippen molar-refractivity contribution < 1.29 is 14.3 Å². The van der Waals surface area contributed by atoms with Gasteiger partial charge in [-0.3, -0.25) is 4.79 Å². The molecular formula is C13H17BrFNO2. The number of halogens is 2. The van der Waals surface area contributed by atoms with E-state index in [0.717, 1.165) is 18.6 Å². The van der Waals surface area contributed by atoms with Crippen LogP contribution in [0.15, 0.2) is 18.2 Å². The molecule has 1 rings (SSSR count). The van der Waals surface area contributed by atoms with Crippen LogP contribution in [0.1, 0.15) is 30.6 Å². The fourth-order valence-corrected chi connectivity index (χ4v) is 2.11. The van der Waals surface area contributed by atoms with Crippen LogP contribution in [0.5, 0.6) is 5.75 Å². The van der Waals surface area contributed by atoms with Gasteiger partial charge >= 0.3 is 0 Å². The molecule has 0 saturated carbocycles. The normalized spacial score (nSPS) is 12.5. The van der Waals surface area contributed by atoms with Crippen molar-refractivity contribution in [2.24, 2.45) is 5.92 Å². The summed E-state index contributed by atoms with van der Waals surface area (Å²) in [5.74, 6) is -0.782. The topological polar surface area (TPSA) is 49.3 Å². The molecule has 1 unspecified atom stereocenters. The van der Waals surface area contributed by atoms with Crippen LogP contribution in [-0.2, 0) is 0 Å². The van der Waals surface area contributed by atoms with Crippen molar-refractivity contribution in [1.29, 1.82) is 0 Å². The van der Waals surface area contributed by atoms with Gasteiger partial charge in [-0.2, -0.15) is 0 Å². The van der Waals surface area contributed by atoms with Crippen LogP contribution in [0.25, 0.3) is 0 Å². The first-order valence-electron chi connectivity index (χ1n) is 5.79. The molecule has 3 nitrogen and oxygen atoms in total. The van der Waals surface area contributed by atoms with Crippen molar-refractivity contribution in [3.8, 4) is 5.75 Å². The molecule has 2 N–H and O–H groups in total. The van der Waals surface area contributed by atoms with E-state index in [4.69, 9.17) is 0 Å². The third-order valence-electron chi connectivity index (χ3n) is 2.48. The molecule has 100 valence electrons. The maximum Gasteiger partial charge on any atom is 0.255 e. The molecule has 0 aliphatic heterocycles. The standard InChI is InChI=1S/C13H17BrFNO2/c1-8(2)5-10(7-14)16-13(18)11-6-9(15)3-4-12(11)17/h3-4,6,8,10,17H,5,7H2,1-2H3,(H,16,18). The highest BCUT2D eigenvalue weighted by molar-refractivity contribution is 9.09. The van der Waals surface area contributed by atoms with Gasteiger partial charge in [0.05, 0.1) is 5.56 Å². The fourth-order valence-electron chi connectivity index (χ4n) is 1.68. The Kier molecular flexibility index (Phi) is 5.59. The highest BCUT2D eigenvalue weighted by Crippen LogP contribution is 2.18. The molecule has 0 saturated heterocycles. The quantitative estimate of drug-likeness (QED) is 0.820. The van der Waals surface area contributed by atoms with Gasteiger partial charge in [-0.1, -0.05) is 29.8 Å². The lowest BCUT2D eigenvalue weighted by molar-refractivity contribution is 0.0934. The Hall–Kier alpha value is -1.10. The number of hydrogen-bond acceptors (Lipinski definition) is 2. The molecule has 1 aromatic rings. The number of nitrogens with one attached hydrogen (secondary N) is 1. The third kappa shape index (κ3) is 4.29. The molecule has 1 atom stereocenters. The van der Waals surface area contributed by atoms with Crippen molar-refractivity contribution in [2.75, 3.05) is 5.33 Å². The lowest BCUT2D eigenvalue weighted by Gasteiger charge is -2.18. The second-order valence-corrected chi connectivity index (χ2v) is 5.26. The number of rotatable bonds is 5. The summed E-state index contributed by atoms with van der Waals surface area (Å²) in [6, 6.07) is 3.28. The average molecular weight is 318 g/mol. The predicted octanol–water partition coefficient (Wildman–Crippen LogP) is 3.07. The van der Waals surface area contributed by atoms with E-state index >= 15 is 0 Å². The van der Waals surface area contributed by atoms with Crippen molar-refractivity contribution in [2.45, 2.75) is 26.3 Å². The summed E-state index contributed by atoms with van der Waals surface area (Å²) in [4.78, 5) is 11.9. The molecular weight excluding hydrogens is 301 g/mol. The third-order valence-corrected chi connectivity index (χ3v) is 3.26. The Morgan fingerprint density at radius 1 is 1.50 bits per heavy atom. The average Bonchev–Trinajstić information content (AvgIpc) is 2.30. The van der Waals surface area contributed by atoms with E-state index in [0.29, 0.717) is 11.2 Å². The molecule has 0 fully saturated rings. The van der Waals surface area contributed by atoms with Crippen molar-refractivity contribution in [3.63, 3.8) is 0 Å². The van der Waals surface area contributed by atoms with Gasteiger partial charge in [-0.25, -0.2) is 4.39 Å². The number of phenolic OH excluding ortho intramolecular Hbond substituents is 1. The fraction of sp³-hybridized carbons (Fsp3) is 0.462. The predicted molar refractivity (Wildman–Crippen MR) is 72.6 cm³/mol. The van der Waals surface area contributed by atoms with E-state index in [-0.39, 0.29) is 17.4 Å². The summed E-state index contributed by atoms with van der Waals surface area (Å²) in [6.45, 7) is 4.11. The lowest BCUT2D eigenvalue weighted by Crippen LogP contribution is -2.37. The van der Waals surface area contributed by atoms with E-state index in [1.165, 1.54) is 6.07 Å². The van der Waals surface area contributed by atoms with E-state index in [9.17, 15) is 14.3 Å². The minimum atomic E-state index is -0.544.